The highest BCUT2D eigenvalue weighted by molar-refractivity contribution is 6.78. The Bertz CT molecular complexity index is 277. The van der Waals surface area contributed by atoms with Gasteiger partial charge >= 0.3 is 5.97 Å². The van der Waals surface area contributed by atoms with E-state index < -0.39 is 8.32 Å². The van der Waals surface area contributed by atoms with Crippen molar-refractivity contribution in [2.24, 2.45) is 11.8 Å². The lowest BCUT2D eigenvalue weighted by molar-refractivity contribution is -0.130. The van der Waals surface area contributed by atoms with Crippen molar-refractivity contribution >= 4 is 14.3 Å². The minimum atomic E-state index is -2.13. The van der Waals surface area contributed by atoms with Crippen molar-refractivity contribution in [3.8, 4) is 0 Å². The molecule has 18 heavy (non-hydrogen) atoms. The van der Waals surface area contributed by atoms with Crippen molar-refractivity contribution in [2.75, 3.05) is 0 Å². The third-order valence-electron chi connectivity index (χ3n) is 3.31. The average molecular weight is 270 g/mol. The van der Waals surface area contributed by atoms with Crippen LogP contribution in [0, 0.1) is 11.8 Å². The van der Waals surface area contributed by atoms with Crippen molar-refractivity contribution in [2.45, 2.75) is 65.6 Å². The van der Waals surface area contributed by atoms with Crippen LogP contribution in [0.4, 0.5) is 0 Å². The highest BCUT2D eigenvalue weighted by Crippen LogP contribution is 2.45. The van der Waals surface area contributed by atoms with E-state index in [9.17, 15) is 4.79 Å². The standard InChI is InChI=1S/C15H30O2Si/c1-9-14(16)17-18(10-12(2)3,11-13(4)5)15(6,7)8/h9,12-13H,1,10-11H2,2-8H3. The first kappa shape index (κ1) is 17.4. The normalized spacial score (nSPS) is 12.9. The molecule has 2 nitrogen and oxygen atoms in total. The molecule has 106 valence electrons. The molecule has 0 bridgehead atoms. The van der Waals surface area contributed by atoms with Crippen molar-refractivity contribution in [1.29, 1.82) is 0 Å². The lowest BCUT2D eigenvalue weighted by atomic mass is 10.2. The highest BCUT2D eigenvalue weighted by Gasteiger charge is 2.49. The lowest BCUT2D eigenvalue weighted by Crippen LogP contribution is -2.50. The van der Waals surface area contributed by atoms with Gasteiger partial charge in [0.05, 0.1) is 0 Å². The summed E-state index contributed by atoms with van der Waals surface area (Å²) in [6.07, 6.45) is 1.30. The third-order valence-corrected chi connectivity index (χ3v) is 9.58. The highest BCUT2D eigenvalue weighted by atomic mass is 28.4. The van der Waals surface area contributed by atoms with E-state index in [0.29, 0.717) is 11.8 Å². The summed E-state index contributed by atoms with van der Waals surface area (Å²) in [6, 6.07) is 2.04. The van der Waals surface area contributed by atoms with Gasteiger partial charge in [0.1, 0.15) is 0 Å². The van der Waals surface area contributed by atoms with Crippen LogP contribution in [0.5, 0.6) is 0 Å². The van der Waals surface area contributed by atoms with Gasteiger partial charge in [0.2, 0.25) is 0 Å². The molecule has 0 rings (SSSR count). The molecule has 0 aliphatic rings. The Morgan fingerprint density at radius 2 is 1.56 bits per heavy atom. The molecule has 0 heterocycles. The molecule has 0 radical (unpaired) electrons. The Kier molecular flexibility index (Phi) is 6.34. The van der Waals surface area contributed by atoms with E-state index in [2.05, 4.69) is 55.0 Å². The van der Waals surface area contributed by atoms with Crippen LogP contribution in [-0.2, 0) is 9.22 Å². The third kappa shape index (κ3) is 4.97. The molecule has 3 heteroatoms. The topological polar surface area (TPSA) is 26.3 Å². The van der Waals surface area contributed by atoms with Gasteiger partial charge in [-0.25, -0.2) is 4.79 Å². The molecule has 0 aromatic carbocycles. The van der Waals surface area contributed by atoms with Gasteiger partial charge in [-0.2, -0.15) is 0 Å². The van der Waals surface area contributed by atoms with E-state index in [1.165, 1.54) is 6.08 Å². The van der Waals surface area contributed by atoms with Crippen LogP contribution in [-0.4, -0.2) is 14.3 Å². The second-order valence-electron chi connectivity index (χ2n) is 7.07. The smallest absolute Gasteiger partial charge is 0.316 e. The summed E-state index contributed by atoms with van der Waals surface area (Å²) in [5, 5.41) is 0.0558. The van der Waals surface area contributed by atoms with Gasteiger partial charge in [-0.15, -0.1) is 0 Å². The van der Waals surface area contributed by atoms with Gasteiger partial charge < -0.3 is 4.43 Å². The second kappa shape index (κ2) is 6.55. The van der Waals surface area contributed by atoms with Crippen molar-refractivity contribution in [3.05, 3.63) is 12.7 Å². The first-order valence-electron chi connectivity index (χ1n) is 6.89. The number of carbonyl (C=O) groups is 1. The van der Waals surface area contributed by atoms with Gasteiger partial charge in [-0.1, -0.05) is 55.0 Å². The van der Waals surface area contributed by atoms with Gasteiger partial charge in [0.25, 0.3) is 8.32 Å². The predicted molar refractivity (Wildman–Crippen MR) is 81.0 cm³/mol. The Hall–Kier alpha value is -0.573. The molecule has 0 spiro atoms. The first-order chi connectivity index (χ1) is 8.04. The minimum Gasteiger partial charge on any atom is -0.515 e. The molecule has 0 aliphatic carbocycles. The Morgan fingerprint density at radius 3 is 1.78 bits per heavy atom. The molecule has 0 amide bonds. The van der Waals surface area contributed by atoms with Crippen LogP contribution in [0.15, 0.2) is 12.7 Å². The van der Waals surface area contributed by atoms with Crippen LogP contribution < -0.4 is 0 Å². The number of hydrogen-bond donors (Lipinski definition) is 0. The van der Waals surface area contributed by atoms with Gasteiger partial charge in [0, 0.05) is 6.08 Å². The zero-order chi connectivity index (χ0) is 14.6. The minimum absolute atomic E-state index is 0.0558. The molecular weight excluding hydrogens is 240 g/mol. The van der Waals surface area contributed by atoms with Crippen LogP contribution >= 0.6 is 0 Å². The van der Waals surface area contributed by atoms with Gasteiger partial charge in [0.15, 0.2) is 0 Å². The Labute approximate surface area is 114 Å². The lowest BCUT2D eigenvalue weighted by Gasteiger charge is -2.43. The molecule has 0 aliphatic heterocycles. The molecule has 0 atom stereocenters. The maximum absolute atomic E-state index is 11.7. The maximum Gasteiger partial charge on any atom is 0.316 e. The number of carbonyl (C=O) groups excluding carboxylic acids is 1. The molecular formula is C15H30O2Si. The fourth-order valence-electron chi connectivity index (χ4n) is 2.49. The fraction of sp³-hybridized carbons (Fsp3) is 0.800. The summed E-state index contributed by atoms with van der Waals surface area (Å²) in [5.41, 5.74) is 0. The summed E-state index contributed by atoms with van der Waals surface area (Å²) in [6.45, 7) is 19.0. The van der Waals surface area contributed by atoms with Crippen molar-refractivity contribution < 1.29 is 9.22 Å². The number of rotatable bonds is 6. The second-order valence-corrected chi connectivity index (χ2v) is 11.6. The molecule has 0 aromatic rings. The van der Waals surface area contributed by atoms with Crippen LogP contribution in [0.3, 0.4) is 0 Å². The van der Waals surface area contributed by atoms with E-state index in [1.807, 2.05) is 0 Å². The summed E-state index contributed by atoms with van der Waals surface area (Å²) in [4.78, 5) is 11.7. The van der Waals surface area contributed by atoms with E-state index in [4.69, 9.17) is 4.43 Å². The van der Waals surface area contributed by atoms with E-state index in [1.54, 1.807) is 0 Å². The average Bonchev–Trinajstić information content (AvgIpc) is 2.13. The van der Waals surface area contributed by atoms with Crippen molar-refractivity contribution in [3.63, 3.8) is 0 Å². The van der Waals surface area contributed by atoms with Gasteiger partial charge in [-0.05, 0) is 29.0 Å². The van der Waals surface area contributed by atoms with Crippen molar-refractivity contribution in [1.82, 2.24) is 0 Å². The molecule has 0 saturated carbocycles. The quantitative estimate of drug-likeness (QED) is 0.513. The monoisotopic (exact) mass is 270 g/mol. The van der Waals surface area contributed by atoms with E-state index in [-0.39, 0.29) is 11.0 Å². The first-order valence-corrected chi connectivity index (χ1v) is 9.21. The summed E-state index contributed by atoms with van der Waals surface area (Å²) in [5.74, 6) is 0.845. The predicted octanol–water partition coefficient (Wildman–Crippen LogP) is 4.77. The number of hydrogen-bond acceptors (Lipinski definition) is 2. The molecule has 0 unspecified atom stereocenters. The Balaban J connectivity index is 5.38. The molecule has 0 saturated heterocycles. The summed E-state index contributed by atoms with van der Waals surface area (Å²) < 4.78 is 5.96. The SMILES string of the molecule is C=CC(=O)O[Si](CC(C)C)(CC(C)C)C(C)(C)C. The molecule has 0 fully saturated rings. The van der Waals surface area contributed by atoms with Crippen LogP contribution in [0.1, 0.15) is 48.5 Å². The molecule has 0 aromatic heterocycles. The fourth-order valence-corrected chi connectivity index (χ4v) is 7.46. The largest absolute Gasteiger partial charge is 0.515 e. The summed E-state index contributed by atoms with van der Waals surface area (Å²) >= 11 is 0. The zero-order valence-electron chi connectivity index (χ0n) is 13.2. The molecule has 0 N–H and O–H groups in total. The van der Waals surface area contributed by atoms with E-state index >= 15 is 0 Å². The van der Waals surface area contributed by atoms with Crippen LogP contribution in [0.2, 0.25) is 17.1 Å². The van der Waals surface area contributed by atoms with Gasteiger partial charge in [-0.3, -0.25) is 0 Å². The summed E-state index contributed by atoms with van der Waals surface area (Å²) in [7, 11) is -2.13. The maximum atomic E-state index is 11.7. The van der Waals surface area contributed by atoms with Crippen LogP contribution in [0.25, 0.3) is 0 Å². The van der Waals surface area contributed by atoms with E-state index in [0.717, 1.165) is 12.1 Å². The zero-order valence-corrected chi connectivity index (χ0v) is 14.2. The Morgan fingerprint density at radius 1 is 1.17 bits per heavy atom.